The van der Waals surface area contributed by atoms with Crippen LogP contribution in [0.1, 0.15) is 11.1 Å². The Labute approximate surface area is 171 Å². The fourth-order valence-electron chi connectivity index (χ4n) is 2.96. The molecule has 1 aromatic heterocycles. The van der Waals surface area contributed by atoms with Crippen molar-refractivity contribution in [2.45, 2.75) is 11.9 Å². The van der Waals surface area contributed by atoms with Gasteiger partial charge in [0, 0.05) is 18.0 Å². The van der Waals surface area contributed by atoms with Crippen LogP contribution in [0.4, 0.5) is 23.2 Å². The van der Waals surface area contributed by atoms with Crippen molar-refractivity contribution in [1.82, 2.24) is 4.98 Å². The van der Waals surface area contributed by atoms with E-state index in [1.165, 1.54) is 48.8 Å². The molecular weight excluding hydrogens is 420 g/mol. The lowest BCUT2D eigenvalue weighted by Gasteiger charge is -2.28. The fourth-order valence-corrected chi connectivity index (χ4v) is 4.53. The average molecular weight is 437 g/mol. The Morgan fingerprint density at radius 3 is 2.20 bits per heavy atom. The molecule has 157 valence electrons. The van der Waals surface area contributed by atoms with Crippen LogP contribution in [0.15, 0.2) is 67.0 Å². The maximum absolute atomic E-state index is 15.1. The van der Waals surface area contributed by atoms with Crippen molar-refractivity contribution in [3.8, 4) is 11.1 Å². The van der Waals surface area contributed by atoms with Crippen molar-refractivity contribution in [2.75, 3.05) is 10.8 Å². The normalized spacial score (nSPS) is 12.0. The first kappa shape index (κ1) is 21.8. The molecule has 0 bridgehead atoms. The number of alkyl halides is 3. The van der Waals surface area contributed by atoms with Crippen LogP contribution in [-0.4, -0.2) is 26.1 Å². The predicted molar refractivity (Wildman–Crippen MR) is 107 cm³/mol. The molecule has 3 aromatic rings. The molecule has 0 spiro atoms. The zero-order valence-electron chi connectivity index (χ0n) is 15.6. The SMILES string of the molecule is [CH2]c1ccc(-c2ccncc2)c(N(CC(F)(F)F)S(=O)(=O)Cc2ccccc2)c1F. The van der Waals surface area contributed by atoms with Crippen LogP contribution in [0.3, 0.4) is 0 Å². The zero-order chi connectivity index (χ0) is 21.9. The molecule has 0 aliphatic heterocycles. The Morgan fingerprint density at radius 1 is 0.967 bits per heavy atom. The maximum atomic E-state index is 15.1. The fraction of sp³-hybridized carbons (Fsp3) is 0.143. The van der Waals surface area contributed by atoms with Gasteiger partial charge in [-0.3, -0.25) is 9.29 Å². The first-order chi connectivity index (χ1) is 14.1. The summed E-state index contributed by atoms with van der Waals surface area (Å²) in [5, 5.41) is 0. The maximum Gasteiger partial charge on any atom is 0.407 e. The second-order valence-electron chi connectivity index (χ2n) is 6.53. The Bertz CT molecular complexity index is 1120. The number of halogens is 4. The molecule has 9 heteroatoms. The molecule has 3 rings (SSSR count). The van der Waals surface area contributed by atoms with Gasteiger partial charge in [-0.15, -0.1) is 0 Å². The summed E-state index contributed by atoms with van der Waals surface area (Å²) in [6.07, 6.45) is -2.15. The third-order valence-electron chi connectivity index (χ3n) is 4.29. The molecule has 0 amide bonds. The molecule has 0 aliphatic carbocycles. The van der Waals surface area contributed by atoms with Crippen LogP contribution in [0.5, 0.6) is 0 Å². The molecule has 4 nitrogen and oxygen atoms in total. The van der Waals surface area contributed by atoms with Gasteiger partial charge in [-0.1, -0.05) is 42.5 Å². The number of benzene rings is 2. The lowest BCUT2D eigenvalue weighted by molar-refractivity contribution is -0.117. The van der Waals surface area contributed by atoms with Crippen LogP contribution in [-0.2, 0) is 15.8 Å². The predicted octanol–water partition coefficient (Wildman–Crippen LogP) is 4.97. The standard InChI is InChI=1S/C21H17F4N2O2S/c1-15-7-8-18(17-9-11-26-12-10-17)20(19(15)22)27(14-21(23,24)25)30(28,29)13-16-5-3-2-4-6-16/h2-12H,1,13-14H2. The molecule has 0 saturated heterocycles. The van der Waals surface area contributed by atoms with Gasteiger partial charge in [0.05, 0.1) is 11.4 Å². The highest BCUT2D eigenvalue weighted by Gasteiger charge is 2.39. The molecule has 0 aliphatic rings. The molecule has 0 fully saturated rings. The molecule has 2 aromatic carbocycles. The van der Waals surface area contributed by atoms with E-state index in [2.05, 4.69) is 11.9 Å². The van der Waals surface area contributed by atoms with Gasteiger partial charge in [-0.25, -0.2) is 12.8 Å². The highest BCUT2D eigenvalue weighted by molar-refractivity contribution is 7.92. The summed E-state index contributed by atoms with van der Waals surface area (Å²) in [5.41, 5.74) is -0.322. The lowest BCUT2D eigenvalue weighted by Crippen LogP contribution is -2.40. The Hall–Kier alpha value is -2.94. The average Bonchev–Trinajstić information content (AvgIpc) is 2.69. The minimum absolute atomic E-state index is 0.0109. The molecule has 1 heterocycles. The number of rotatable bonds is 6. The number of pyridine rings is 1. The van der Waals surface area contributed by atoms with E-state index in [4.69, 9.17) is 0 Å². The zero-order valence-corrected chi connectivity index (χ0v) is 16.4. The lowest BCUT2D eigenvalue weighted by atomic mass is 10.0. The van der Waals surface area contributed by atoms with Crippen molar-refractivity contribution in [2.24, 2.45) is 0 Å². The van der Waals surface area contributed by atoms with Crippen molar-refractivity contribution < 1.29 is 26.0 Å². The summed E-state index contributed by atoms with van der Waals surface area (Å²) in [4.78, 5) is 3.83. The topological polar surface area (TPSA) is 50.3 Å². The Kier molecular flexibility index (Phi) is 6.12. The summed E-state index contributed by atoms with van der Waals surface area (Å²) < 4.78 is 81.4. The summed E-state index contributed by atoms with van der Waals surface area (Å²) in [5.74, 6) is -1.86. The van der Waals surface area contributed by atoms with Crippen molar-refractivity contribution in [3.63, 3.8) is 0 Å². The summed E-state index contributed by atoms with van der Waals surface area (Å²) in [6.45, 7) is 1.60. The van der Waals surface area contributed by atoms with E-state index in [-0.39, 0.29) is 21.0 Å². The number of sulfonamides is 1. The van der Waals surface area contributed by atoms with Gasteiger partial charge in [0.15, 0.2) is 5.82 Å². The highest BCUT2D eigenvalue weighted by atomic mass is 32.2. The van der Waals surface area contributed by atoms with E-state index in [1.807, 2.05) is 0 Å². The van der Waals surface area contributed by atoms with Crippen molar-refractivity contribution >= 4 is 15.7 Å². The summed E-state index contributed by atoms with van der Waals surface area (Å²) in [6, 6.07) is 13.3. The molecule has 0 saturated carbocycles. The van der Waals surface area contributed by atoms with Crippen LogP contribution in [0.2, 0.25) is 0 Å². The van der Waals surface area contributed by atoms with Gasteiger partial charge in [0.1, 0.15) is 6.54 Å². The van der Waals surface area contributed by atoms with Crippen LogP contribution in [0.25, 0.3) is 11.1 Å². The van der Waals surface area contributed by atoms with Gasteiger partial charge in [-0.05, 0) is 35.7 Å². The van der Waals surface area contributed by atoms with E-state index < -0.39 is 40.0 Å². The molecule has 0 atom stereocenters. The first-order valence-electron chi connectivity index (χ1n) is 8.74. The highest BCUT2D eigenvalue weighted by Crippen LogP contribution is 2.38. The molecule has 30 heavy (non-hydrogen) atoms. The van der Waals surface area contributed by atoms with Gasteiger partial charge in [0.25, 0.3) is 0 Å². The van der Waals surface area contributed by atoms with Gasteiger partial charge < -0.3 is 0 Å². The number of nitrogens with zero attached hydrogens (tertiary/aromatic N) is 2. The second-order valence-corrected chi connectivity index (χ2v) is 8.43. The van der Waals surface area contributed by atoms with Crippen LogP contribution in [0, 0.1) is 12.7 Å². The molecule has 0 unspecified atom stereocenters. The second kappa shape index (κ2) is 8.43. The monoisotopic (exact) mass is 437 g/mol. The largest absolute Gasteiger partial charge is 0.407 e. The number of anilines is 1. The quantitative estimate of drug-likeness (QED) is 0.512. The first-order valence-corrected chi connectivity index (χ1v) is 10.4. The van der Waals surface area contributed by atoms with Gasteiger partial charge >= 0.3 is 6.18 Å². The number of aromatic nitrogens is 1. The van der Waals surface area contributed by atoms with Crippen molar-refractivity contribution in [1.29, 1.82) is 0 Å². The van der Waals surface area contributed by atoms with Crippen molar-refractivity contribution in [3.05, 3.63) is 90.9 Å². The molecular formula is C21H17F4N2O2S. The summed E-state index contributed by atoms with van der Waals surface area (Å²) >= 11 is 0. The minimum atomic E-state index is -4.90. The summed E-state index contributed by atoms with van der Waals surface area (Å²) in [7, 11) is -4.60. The molecule has 0 N–H and O–H groups in total. The Morgan fingerprint density at radius 2 is 1.60 bits per heavy atom. The number of hydrogen-bond donors (Lipinski definition) is 0. The Balaban J connectivity index is 2.21. The van der Waals surface area contributed by atoms with E-state index in [9.17, 15) is 21.6 Å². The number of hydrogen-bond acceptors (Lipinski definition) is 3. The van der Waals surface area contributed by atoms with E-state index >= 15 is 4.39 Å². The van der Waals surface area contributed by atoms with Gasteiger partial charge in [0.2, 0.25) is 10.0 Å². The smallest absolute Gasteiger partial charge is 0.265 e. The van der Waals surface area contributed by atoms with Gasteiger partial charge in [-0.2, -0.15) is 13.2 Å². The van der Waals surface area contributed by atoms with E-state index in [0.717, 1.165) is 0 Å². The third kappa shape index (κ3) is 4.96. The van der Waals surface area contributed by atoms with Crippen LogP contribution >= 0.6 is 0 Å². The van der Waals surface area contributed by atoms with Crippen LogP contribution < -0.4 is 4.31 Å². The minimum Gasteiger partial charge on any atom is -0.265 e. The van der Waals surface area contributed by atoms with E-state index in [1.54, 1.807) is 18.2 Å². The van der Waals surface area contributed by atoms with E-state index in [0.29, 0.717) is 5.56 Å². The molecule has 1 radical (unpaired) electrons. The third-order valence-corrected chi connectivity index (χ3v) is 5.97.